The Hall–Kier alpha value is -2.12. The van der Waals surface area contributed by atoms with Crippen LogP contribution in [0.15, 0.2) is 12.4 Å². The van der Waals surface area contributed by atoms with E-state index in [0.717, 1.165) is 18.8 Å². The zero-order valence-electron chi connectivity index (χ0n) is 11.6. The van der Waals surface area contributed by atoms with E-state index < -0.39 is 18.0 Å². The van der Waals surface area contributed by atoms with Crippen molar-refractivity contribution in [3.05, 3.63) is 23.8 Å². The summed E-state index contributed by atoms with van der Waals surface area (Å²) in [6.07, 6.45) is -0.626. The average Bonchev–Trinajstić information content (AvgIpc) is 2.48. The van der Waals surface area contributed by atoms with Crippen LogP contribution in [-0.4, -0.2) is 46.8 Å². The second kappa shape index (κ2) is 6.55. The molecule has 0 radical (unpaired) electrons. The van der Waals surface area contributed by atoms with Crippen molar-refractivity contribution >= 4 is 11.8 Å². The second-order valence-electron chi connectivity index (χ2n) is 5.01. The Labute approximate surface area is 120 Å². The summed E-state index contributed by atoms with van der Waals surface area (Å²) in [7, 11) is 1.74. The van der Waals surface area contributed by atoms with Gasteiger partial charge in [-0.3, -0.25) is 9.59 Å². The highest BCUT2D eigenvalue weighted by Crippen LogP contribution is 2.17. The van der Waals surface area contributed by atoms with E-state index in [0.29, 0.717) is 19.5 Å². The summed E-state index contributed by atoms with van der Waals surface area (Å²) in [5, 5.41) is 2.63. The van der Waals surface area contributed by atoms with Crippen molar-refractivity contribution in [3.8, 4) is 0 Å². The summed E-state index contributed by atoms with van der Waals surface area (Å²) in [6.45, 7) is 0.981. The molecule has 1 aliphatic rings. The Kier molecular flexibility index (Phi) is 4.77. The lowest BCUT2D eigenvalue weighted by Crippen LogP contribution is -2.40. The quantitative estimate of drug-likeness (QED) is 0.900. The lowest BCUT2D eigenvalue weighted by Gasteiger charge is -2.28. The van der Waals surface area contributed by atoms with Crippen molar-refractivity contribution in [2.75, 3.05) is 20.1 Å². The van der Waals surface area contributed by atoms with E-state index in [9.17, 15) is 18.4 Å². The van der Waals surface area contributed by atoms with E-state index in [2.05, 4.69) is 15.3 Å². The van der Waals surface area contributed by atoms with Crippen LogP contribution in [0, 0.1) is 5.92 Å². The number of nitrogens with one attached hydrogen (secondary N) is 1. The molecule has 1 saturated heterocycles. The molecule has 0 spiro atoms. The fourth-order valence-electron chi connectivity index (χ4n) is 2.12. The van der Waals surface area contributed by atoms with Gasteiger partial charge in [0.25, 0.3) is 12.3 Å². The van der Waals surface area contributed by atoms with Gasteiger partial charge in [0.2, 0.25) is 5.91 Å². The third-order valence-corrected chi connectivity index (χ3v) is 3.46. The number of nitrogens with zero attached hydrogens (tertiary/aromatic N) is 3. The van der Waals surface area contributed by atoms with Gasteiger partial charge in [-0.1, -0.05) is 0 Å². The largest absolute Gasteiger partial charge is 0.350 e. The first-order valence-electron chi connectivity index (χ1n) is 6.59. The summed E-state index contributed by atoms with van der Waals surface area (Å²) in [5.74, 6) is -0.428. The smallest absolute Gasteiger partial charge is 0.280 e. The molecular weight excluding hydrogens is 282 g/mol. The molecule has 0 saturated carbocycles. The monoisotopic (exact) mass is 298 g/mol. The third kappa shape index (κ3) is 3.93. The van der Waals surface area contributed by atoms with E-state index in [-0.39, 0.29) is 17.5 Å². The molecule has 0 aliphatic carbocycles. The van der Waals surface area contributed by atoms with Crippen LogP contribution in [-0.2, 0) is 4.79 Å². The number of carbonyl (C=O) groups is 2. The van der Waals surface area contributed by atoms with Gasteiger partial charge in [-0.2, -0.15) is 0 Å². The van der Waals surface area contributed by atoms with Crippen molar-refractivity contribution in [2.45, 2.75) is 19.3 Å². The van der Waals surface area contributed by atoms with Gasteiger partial charge in [-0.15, -0.1) is 0 Å². The topological polar surface area (TPSA) is 75.2 Å². The molecule has 1 atom stereocenters. The van der Waals surface area contributed by atoms with E-state index in [1.54, 1.807) is 11.9 Å². The number of piperidine rings is 1. The molecule has 1 aromatic heterocycles. The molecule has 6 nitrogen and oxygen atoms in total. The SMILES string of the molecule is CN1CC[C@H](CNC(=O)c2cc(C(F)F)ncn2)CC1=O. The Morgan fingerprint density at radius 1 is 1.52 bits per heavy atom. The number of hydrogen-bond acceptors (Lipinski definition) is 4. The number of amides is 2. The molecular formula is C13H16F2N4O2. The van der Waals surface area contributed by atoms with E-state index >= 15 is 0 Å². The van der Waals surface area contributed by atoms with E-state index in [4.69, 9.17) is 0 Å². The molecule has 0 unspecified atom stereocenters. The normalized spacial score (nSPS) is 19.0. The molecule has 114 valence electrons. The maximum absolute atomic E-state index is 12.5. The molecule has 21 heavy (non-hydrogen) atoms. The third-order valence-electron chi connectivity index (χ3n) is 3.46. The van der Waals surface area contributed by atoms with Crippen molar-refractivity contribution in [3.63, 3.8) is 0 Å². The van der Waals surface area contributed by atoms with E-state index in [1.165, 1.54) is 0 Å². The highest BCUT2D eigenvalue weighted by molar-refractivity contribution is 5.92. The van der Waals surface area contributed by atoms with Crippen molar-refractivity contribution < 1.29 is 18.4 Å². The van der Waals surface area contributed by atoms with Gasteiger partial charge in [0.15, 0.2) is 0 Å². The number of likely N-dealkylation sites (tertiary alicyclic amines) is 1. The molecule has 2 rings (SSSR count). The van der Waals surface area contributed by atoms with Crippen LogP contribution in [0.1, 0.15) is 35.4 Å². The van der Waals surface area contributed by atoms with Gasteiger partial charge in [0, 0.05) is 26.6 Å². The van der Waals surface area contributed by atoms with E-state index in [1.807, 2.05) is 0 Å². The van der Waals surface area contributed by atoms with Gasteiger partial charge in [0.05, 0.1) is 0 Å². The number of rotatable bonds is 4. The molecule has 1 aromatic rings. The first kappa shape index (κ1) is 15.3. The molecule has 1 N–H and O–H groups in total. The van der Waals surface area contributed by atoms with Crippen LogP contribution in [0.2, 0.25) is 0 Å². The van der Waals surface area contributed by atoms with Gasteiger partial charge < -0.3 is 10.2 Å². The average molecular weight is 298 g/mol. The van der Waals surface area contributed by atoms with Crippen LogP contribution in [0.4, 0.5) is 8.78 Å². The number of halogens is 2. The van der Waals surface area contributed by atoms with Crippen LogP contribution in [0.5, 0.6) is 0 Å². The molecule has 2 heterocycles. The summed E-state index contributed by atoms with van der Waals surface area (Å²) in [5.41, 5.74) is -0.579. The molecule has 1 fully saturated rings. The fraction of sp³-hybridized carbons (Fsp3) is 0.538. The van der Waals surface area contributed by atoms with Crippen molar-refractivity contribution in [2.24, 2.45) is 5.92 Å². The highest BCUT2D eigenvalue weighted by Gasteiger charge is 2.24. The molecule has 0 bridgehead atoms. The Balaban J connectivity index is 1.90. The molecule has 8 heteroatoms. The first-order valence-corrected chi connectivity index (χ1v) is 6.59. The van der Waals surface area contributed by atoms with Crippen LogP contribution in [0.3, 0.4) is 0 Å². The summed E-state index contributed by atoms with van der Waals surface area (Å²) >= 11 is 0. The summed E-state index contributed by atoms with van der Waals surface area (Å²) < 4.78 is 25.0. The van der Waals surface area contributed by atoms with Crippen LogP contribution < -0.4 is 5.32 Å². The number of hydrogen-bond donors (Lipinski definition) is 1. The van der Waals surface area contributed by atoms with Gasteiger partial charge in [-0.05, 0) is 18.4 Å². The lowest BCUT2D eigenvalue weighted by atomic mass is 9.96. The van der Waals surface area contributed by atoms with Crippen LogP contribution in [0.25, 0.3) is 0 Å². The Bertz CT molecular complexity index is 539. The predicted molar refractivity (Wildman–Crippen MR) is 69.7 cm³/mol. The lowest BCUT2D eigenvalue weighted by molar-refractivity contribution is -0.133. The minimum atomic E-state index is -2.74. The predicted octanol–water partition coefficient (Wildman–Crippen LogP) is 1.01. The highest BCUT2D eigenvalue weighted by atomic mass is 19.3. The second-order valence-corrected chi connectivity index (χ2v) is 5.01. The number of carbonyl (C=O) groups excluding carboxylic acids is 2. The van der Waals surface area contributed by atoms with Gasteiger partial charge in [-0.25, -0.2) is 18.7 Å². The number of alkyl halides is 2. The zero-order valence-corrected chi connectivity index (χ0v) is 11.6. The number of aromatic nitrogens is 2. The maximum atomic E-state index is 12.5. The minimum Gasteiger partial charge on any atom is -0.350 e. The summed E-state index contributed by atoms with van der Waals surface area (Å²) in [4.78, 5) is 32.1. The Morgan fingerprint density at radius 3 is 2.95 bits per heavy atom. The zero-order chi connectivity index (χ0) is 15.4. The van der Waals surface area contributed by atoms with Crippen molar-refractivity contribution in [1.29, 1.82) is 0 Å². The van der Waals surface area contributed by atoms with Crippen LogP contribution >= 0.6 is 0 Å². The molecule has 0 aromatic carbocycles. The Morgan fingerprint density at radius 2 is 2.29 bits per heavy atom. The maximum Gasteiger partial charge on any atom is 0.280 e. The molecule has 2 amide bonds. The van der Waals surface area contributed by atoms with Crippen molar-refractivity contribution in [1.82, 2.24) is 20.2 Å². The molecule has 1 aliphatic heterocycles. The summed E-state index contributed by atoms with van der Waals surface area (Å²) in [6, 6.07) is 0.972. The standard InChI is InChI=1S/C13H16F2N4O2/c1-19-3-2-8(4-11(19)20)6-16-13(21)10-5-9(12(14)15)17-7-18-10/h5,7-8,12H,2-4,6H2,1H3,(H,16,21)/t8-/m0/s1. The fourth-order valence-corrected chi connectivity index (χ4v) is 2.12. The van der Waals surface area contributed by atoms with Gasteiger partial charge in [0.1, 0.15) is 17.7 Å². The van der Waals surface area contributed by atoms with Gasteiger partial charge >= 0.3 is 0 Å². The minimum absolute atomic E-state index is 0.0440. The first-order chi connectivity index (χ1) is 9.97.